The predicted molar refractivity (Wildman–Crippen MR) is 73.0 cm³/mol. The number of aromatic nitrogens is 4. The summed E-state index contributed by atoms with van der Waals surface area (Å²) >= 11 is 0. The fourth-order valence-electron chi connectivity index (χ4n) is 2.36. The van der Waals surface area contributed by atoms with Crippen molar-refractivity contribution >= 4 is 17.3 Å². The number of carbonyl (C=O) groups is 1. The van der Waals surface area contributed by atoms with Crippen LogP contribution in [0.2, 0.25) is 0 Å². The van der Waals surface area contributed by atoms with Gasteiger partial charge in [-0.15, -0.1) is 0 Å². The van der Waals surface area contributed by atoms with E-state index < -0.39 is 0 Å². The second kappa shape index (κ2) is 4.05. The molecular weight excluding hydrogens is 240 g/mol. The van der Waals surface area contributed by atoms with E-state index in [0.717, 1.165) is 34.4 Å². The minimum Gasteiger partial charge on any atom is -0.331 e. The summed E-state index contributed by atoms with van der Waals surface area (Å²) in [7, 11) is 3.82. The van der Waals surface area contributed by atoms with E-state index in [-0.39, 0.29) is 0 Å². The highest BCUT2D eigenvalue weighted by atomic mass is 16.1. The number of hydrogen-bond donors (Lipinski definition) is 0. The normalized spacial score (nSPS) is 11.1. The van der Waals surface area contributed by atoms with Gasteiger partial charge in [0.15, 0.2) is 6.29 Å². The average Bonchev–Trinajstić information content (AvgIpc) is 2.90. The maximum absolute atomic E-state index is 11.1. The molecule has 0 saturated carbocycles. The number of aryl methyl sites for hydroxylation is 3. The molecule has 5 heteroatoms. The van der Waals surface area contributed by atoms with Crippen LogP contribution in [0.15, 0.2) is 24.4 Å². The predicted octanol–water partition coefficient (Wildman–Crippen LogP) is 2.09. The summed E-state index contributed by atoms with van der Waals surface area (Å²) in [5.41, 5.74) is 4.37. The number of benzene rings is 1. The van der Waals surface area contributed by atoms with Crippen molar-refractivity contribution in [2.45, 2.75) is 6.92 Å². The van der Waals surface area contributed by atoms with E-state index in [2.05, 4.69) is 10.1 Å². The van der Waals surface area contributed by atoms with Crippen LogP contribution < -0.4 is 0 Å². The summed E-state index contributed by atoms with van der Waals surface area (Å²) in [5, 5.41) is 4.13. The summed E-state index contributed by atoms with van der Waals surface area (Å²) in [6, 6.07) is 6.01. The number of aldehydes is 1. The molecule has 2 heterocycles. The Labute approximate surface area is 110 Å². The number of nitrogens with zero attached hydrogens (tertiary/aromatic N) is 4. The number of carbonyl (C=O) groups excluding carboxylic acids is 1. The van der Waals surface area contributed by atoms with Gasteiger partial charge in [0.1, 0.15) is 5.82 Å². The van der Waals surface area contributed by atoms with Gasteiger partial charge in [-0.3, -0.25) is 9.48 Å². The Balaban J connectivity index is 2.26. The maximum atomic E-state index is 11.1. The van der Waals surface area contributed by atoms with Crippen LogP contribution in [0.5, 0.6) is 0 Å². The van der Waals surface area contributed by atoms with Crippen molar-refractivity contribution in [3.8, 4) is 11.3 Å². The second-order valence-corrected chi connectivity index (χ2v) is 4.61. The van der Waals surface area contributed by atoms with E-state index in [9.17, 15) is 4.79 Å². The third-order valence-electron chi connectivity index (χ3n) is 3.47. The van der Waals surface area contributed by atoms with E-state index in [4.69, 9.17) is 0 Å². The Morgan fingerprint density at radius 1 is 1.26 bits per heavy atom. The zero-order valence-corrected chi connectivity index (χ0v) is 11.1. The van der Waals surface area contributed by atoms with Crippen molar-refractivity contribution in [3.63, 3.8) is 0 Å². The summed E-state index contributed by atoms with van der Waals surface area (Å²) in [6.45, 7) is 1.97. The van der Waals surface area contributed by atoms with E-state index in [1.54, 1.807) is 10.9 Å². The SMILES string of the molecule is Cc1nc2cc(-c3c(C=O)cnn3C)ccc2n1C. The molecule has 0 bridgehead atoms. The molecule has 2 aromatic heterocycles. The fraction of sp³-hybridized carbons (Fsp3) is 0.214. The zero-order chi connectivity index (χ0) is 13.6. The van der Waals surface area contributed by atoms with Gasteiger partial charge >= 0.3 is 0 Å². The quantitative estimate of drug-likeness (QED) is 0.658. The molecule has 96 valence electrons. The van der Waals surface area contributed by atoms with Crippen molar-refractivity contribution < 1.29 is 4.79 Å². The van der Waals surface area contributed by atoms with Crippen molar-refractivity contribution in [2.75, 3.05) is 0 Å². The van der Waals surface area contributed by atoms with Crippen LogP contribution in [0.1, 0.15) is 16.2 Å². The maximum Gasteiger partial charge on any atom is 0.153 e. The number of rotatable bonds is 2. The number of hydrogen-bond acceptors (Lipinski definition) is 3. The first kappa shape index (κ1) is 11.6. The Kier molecular flexibility index (Phi) is 2.48. The van der Waals surface area contributed by atoms with E-state index in [1.165, 1.54) is 0 Å². The Hall–Kier alpha value is -2.43. The Morgan fingerprint density at radius 2 is 2.05 bits per heavy atom. The third kappa shape index (κ3) is 1.66. The largest absolute Gasteiger partial charge is 0.331 e. The first-order valence-electron chi connectivity index (χ1n) is 6.02. The molecule has 3 rings (SSSR count). The number of fused-ring (bicyclic) bond motifs is 1. The lowest BCUT2D eigenvalue weighted by Crippen LogP contribution is -1.95. The molecule has 0 radical (unpaired) electrons. The monoisotopic (exact) mass is 254 g/mol. The lowest BCUT2D eigenvalue weighted by Gasteiger charge is -2.04. The van der Waals surface area contributed by atoms with Gasteiger partial charge in [-0.2, -0.15) is 5.10 Å². The molecule has 19 heavy (non-hydrogen) atoms. The zero-order valence-electron chi connectivity index (χ0n) is 11.1. The van der Waals surface area contributed by atoms with Crippen LogP contribution in [0.4, 0.5) is 0 Å². The van der Waals surface area contributed by atoms with E-state index in [0.29, 0.717) is 5.56 Å². The number of imidazole rings is 1. The van der Waals surface area contributed by atoms with Crippen LogP contribution >= 0.6 is 0 Å². The van der Waals surface area contributed by atoms with E-state index >= 15 is 0 Å². The van der Waals surface area contributed by atoms with E-state index in [1.807, 2.05) is 43.8 Å². The van der Waals surface area contributed by atoms with Gasteiger partial charge in [0.2, 0.25) is 0 Å². The lowest BCUT2D eigenvalue weighted by molar-refractivity contribution is 0.112. The molecule has 0 aliphatic heterocycles. The molecule has 0 saturated heterocycles. The highest BCUT2D eigenvalue weighted by Gasteiger charge is 2.12. The van der Waals surface area contributed by atoms with Crippen LogP contribution in [0.25, 0.3) is 22.3 Å². The summed E-state index contributed by atoms with van der Waals surface area (Å²) in [6.07, 6.45) is 2.41. The van der Waals surface area contributed by atoms with Crippen LogP contribution in [0.3, 0.4) is 0 Å². The molecule has 0 amide bonds. The summed E-state index contributed by atoms with van der Waals surface area (Å²) in [5.74, 6) is 0.966. The highest BCUT2D eigenvalue weighted by molar-refractivity contribution is 5.89. The molecule has 5 nitrogen and oxygen atoms in total. The molecule has 0 unspecified atom stereocenters. The van der Waals surface area contributed by atoms with Crippen molar-refractivity contribution in [3.05, 3.63) is 35.8 Å². The van der Waals surface area contributed by atoms with Gasteiger partial charge in [0.25, 0.3) is 0 Å². The molecule has 0 aliphatic carbocycles. The summed E-state index contributed by atoms with van der Waals surface area (Å²) in [4.78, 5) is 15.6. The highest BCUT2D eigenvalue weighted by Crippen LogP contribution is 2.26. The molecule has 0 N–H and O–H groups in total. The topological polar surface area (TPSA) is 52.7 Å². The molecule has 0 spiro atoms. The first-order valence-corrected chi connectivity index (χ1v) is 6.02. The molecular formula is C14H14N4O. The van der Waals surface area contributed by atoms with Gasteiger partial charge in [-0.1, -0.05) is 6.07 Å². The van der Waals surface area contributed by atoms with Crippen LogP contribution in [0, 0.1) is 6.92 Å². The van der Waals surface area contributed by atoms with Crippen LogP contribution in [-0.4, -0.2) is 25.6 Å². The Bertz CT molecular complexity index is 782. The standard InChI is InChI=1S/C14H14N4O/c1-9-16-12-6-10(4-5-13(12)17(9)2)14-11(8-19)7-15-18(14)3/h4-8H,1-3H3. The van der Waals surface area contributed by atoms with Gasteiger partial charge < -0.3 is 4.57 Å². The average molecular weight is 254 g/mol. The van der Waals surface area contributed by atoms with Crippen LogP contribution in [-0.2, 0) is 14.1 Å². The smallest absolute Gasteiger partial charge is 0.153 e. The summed E-state index contributed by atoms with van der Waals surface area (Å²) < 4.78 is 3.75. The second-order valence-electron chi connectivity index (χ2n) is 4.61. The Morgan fingerprint density at radius 3 is 2.79 bits per heavy atom. The molecule has 0 aliphatic rings. The van der Waals surface area contributed by atoms with Crippen molar-refractivity contribution in [1.82, 2.24) is 19.3 Å². The fourth-order valence-corrected chi connectivity index (χ4v) is 2.36. The lowest BCUT2D eigenvalue weighted by atomic mass is 10.1. The molecule has 0 fully saturated rings. The molecule has 0 atom stereocenters. The van der Waals surface area contributed by atoms with Gasteiger partial charge in [0.05, 0.1) is 28.5 Å². The van der Waals surface area contributed by atoms with Gasteiger partial charge in [-0.25, -0.2) is 4.98 Å². The molecule has 1 aromatic carbocycles. The van der Waals surface area contributed by atoms with Crippen molar-refractivity contribution in [1.29, 1.82) is 0 Å². The molecule has 3 aromatic rings. The van der Waals surface area contributed by atoms with Gasteiger partial charge in [-0.05, 0) is 19.1 Å². The minimum atomic E-state index is 0.592. The van der Waals surface area contributed by atoms with Gasteiger partial charge in [0, 0.05) is 19.7 Å². The third-order valence-corrected chi connectivity index (χ3v) is 3.47. The van der Waals surface area contributed by atoms with Crippen molar-refractivity contribution in [2.24, 2.45) is 14.1 Å². The first-order chi connectivity index (χ1) is 9.11. The minimum absolute atomic E-state index is 0.592.